The molecule has 0 saturated heterocycles. The van der Waals surface area contributed by atoms with Crippen molar-refractivity contribution in [3.8, 4) is 11.5 Å². The van der Waals surface area contributed by atoms with Crippen LogP contribution >= 0.6 is 17.0 Å². The fraction of sp³-hybridized carbons (Fsp3) is 0.444. The minimum atomic E-state index is -0.275. The number of rotatable bonds is 7. The van der Waals surface area contributed by atoms with Crippen LogP contribution in [0.2, 0.25) is 0 Å². The number of nitrogens with one attached hydrogen (secondary N) is 2. The zero-order valence-corrected chi connectivity index (χ0v) is 22.3. The Morgan fingerprint density at radius 2 is 1.89 bits per heavy atom. The van der Waals surface area contributed by atoms with Crippen molar-refractivity contribution < 1.29 is 19.4 Å². The smallest absolute Gasteiger partial charge is 0.254 e. The van der Waals surface area contributed by atoms with Crippen LogP contribution in [0.5, 0.6) is 11.5 Å². The fourth-order valence-electron chi connectivity index (χ4n) is 5.11. The quantitative estimate of drug-likeness (QED) is 0.421. The number of amidine groups is 1. The van der Waals surface area contributed by atoms with Crippen molar-refractivity contribution in [2.75, 3.05) is 20.2 Å². The van der Waals surface area contributed by atoms with E-state index in [0.717, 1.165) is 36.8 Å². The number of fused-ring (bicyclic) bond motifs is 1. The minimum Gasteiger partial charge on any atom is -0.507 e. The second-order valence-corrected chi connectivity index (χ2v) is 9.21. The standard InChI is InChI=1S/C27H33N3O4.BrH/c1-4-34-24-12-19-14-30(26(28)21(19)13-22(24)27(33)29-3)15-23(31)18-10-16(2)25(32)20(11-18)17-8-6-5-7-9-17;/h10-13,17,28,32H,4-9,14-15H2,1-3H3,(H,29,33);1H. The van der Waals surface area contributed by atoms with Crippen LogP contribution < -0.4 is 10.1 Å². The van der Waals surface area contributed by atoms with Crippen molar-refractivity contribution in [2.24, 2.45) is 0 Å². The Bertz CT molecular complexity index is 1140. The monoisotopic (exact) mass is 543 g/mol. The fourth-order valence-corrected chi connectivity index (χ4v) is 5.11. The average Bonchev–Trinajstić information content (AvgIpc) is 3.14. The lowest BCUT2D eigenvalue weighted by Crippen LogP contribution is -2.30. The highest BCUT2D eigenvalue weighted by molar-refractivity contribution is 8.93. The number of ether oxygens (including phenoxy) is 1. The van der Waals surface area contributed by atoms with E-state index in [2.05, 4.69) is 5.32 Å². The maximum absolute atomic E-state index is 13.3. The molecule has 4 rings (SSSR count). The molecule has 0 radical (unpaired) electrons. The molecule has 8 heteroatoms. The normalized spacial score (nSPS) is 15.4. The van der Waals surface area contributed by atoms with Gasteiger partial charge in [0, 0.05) is 24.7 Å². The number of ketones is 1. The summed E-state index contributed by atoms with van der Waals surface area (Å²) in [5.74, 6) is 0.926. The van der Waals surface area contributed by atoms with Gasteiger partial charge < -0.3 is 20.1 Å². The Labute approximate surface area is 217 Å². The first-order valence-corrected chi connectivity index (χ1v) is 12.1. The number of amides is 1. The second kappa shape index (κ2) is 11.2. The third-order valence-electron chi connectivity index (χ3n) is 6.94. The second-order valence-electron chi connectivity index (χ2n) is 9.21. The van der Waals surface area contributed by atoms with Crippen LogP contribution in [0.15, 0.2) is 24.3 Å². The first kappa shape index (κ1) is 26.7. The number of aryl methyl sites for hydroxylation is 1. The lowest BCUT2D eigenvalue weighted by molar-refractivity contribution is 0.0953. The molecule has 188 valence electrons. The first-order valence-electron chi connectivity index (χ1n) is 12.1. The van der Waals surface area contributed by atoms with Gasteiger partial charge in [0.1, 0.15) is 17.3 Å². The topological polar surface area (TPSA) is 103 Å². The molecule has 2 aromatic carbocycles. The van der Waals surface area contributed by atoms with Gasteiger partial charge in [-0.15, -0.1) is 17.0 Å². The number of halogens is 1. The van der Waals surface area contributed by atoms with E-state index in [-0.39, 0.29) is 47.0 Å². The molecule has 0 aromatic heterocycles. The van der Waals surface area contributed by atoms with Gasteiger partial charge in [-0.3, -0.25) is 15.0 Å². The van der Waals surface area contributed by atoms with Gasteiger partial charge in [0.2, 0.25) is 0 Å². The van der Waals surface area contributed by atoms with Crippen LogP contribution in [0.25, 0.3) is 0 Å². The number of hydrogen-bond donors (Lipinski definition) is 3. The number of carbonyl (C=O) groups excluding carboxylic acids is 2. The molecule has 35 heavy (non-hydrogen) atoms. The summed E-state index contributed by atoms with van der Waals surface area (Å²) in [7, 11) is 1.56. The molecule has 7 nitrogen and oxygen atoms in total. The molecule has 2 aliphatic rings. The van der Waals surface area contributed by atoms with E-state index < -0.39 is 0 Å². The highest BCUT2D eigenvalue weighted by Crippen LogP contribution is 2.39. The molecule has 0 unspecified atom stereocenters. The number of aromatic hydroxyl groups is 1. The lowest BCUT2D eigenvalue weighted by Gasteiger charge is -2.24. The van der Waals surface area contributed by atoms with Gasteiger partial charge in [-0.2, -0.15) is 0 Å². The number of hydrogen-bond acceptors (Lipinski definition) is 5. The molecule has 1 aliphatic heterocycles. The number of Topliss-reactive ketones (excluding diaryl/α,β-unsaturated/α-hetero) is 1. The van der Waals surface area contributed by atoms with Crippen molar-refractivity contribution in [3.05, 3.63) is 57.6 Å². The van der Waals surface area contributed by atoms with Crippen molar-refractivity contribution in [2.45, 2.75) is 58.4 Å². The molecule has 0 spiro atoms. The van der Waals surface area contributed by atoms with E-state index >= 15 is 0 Å². The summed E-state index contributed by atoms with van der Waals surface area (Å²) in [5, 5.41) is 21.9. The highest BCUT2D eigenvalue weighted by atomic mass is 79.9. The molecule has 1 fully saturated rings. The lowest BCUT2D eigenvalue weighted by atomic mass is 9.82. The van der Waals surface area contributed by atoms with E-state index in [4.69, 9.17) is 10.1 Å². The van der Waals surface area contributed by atoms with E-state index in [1.807, 2.05) is 19.9 Å². The van der Waals surface area contributed by atoms with Gasteiger partial charge in [-0.1, -0.05) is 19.3 Å². The van der Waals surface area contributed by atoms with E-state index in [1.54, 1.807) is 30.1 Å². The van der Waals surface area contributed by atoms with E-state index in [1.165, 1.54) is 6.42 Å². The number of phenolic OH excluding ortho intramolecular Hbond substituents is 1. The van der Waals surface area contributed by atoms with Gasteiger partial charge in [-0.25, -0.2) is 0 Å². The Morgan fingerprint density at radius 3 is 2.54 bits per heavy atom. The predicted molar refractivity (Wildman–Crippen MR) is 142 cm³/mol. The van der Waals surface area contributed by atoms with Crippen molar-refractivity contribution in [1.29, 1.82) is 5.41 Å². The molecular formula is C27H34BrN3O4. The summed E-state index contributed by atoms with van der Waals surface area (Å²) in [6, 6.07) is 7.07. The predicted octanol–water partition coefficient (Wildman–Crippen LogP) is 5.11. The molecule has 3 N–H and O–H groups in total. The van der Waals surface area contributed by atoms with Crippen LogP contribution in [0.1, 0.15) is 87.9 Å². The Kier molecular flexibility index (Phi) is 8.59. The molecule has 0 bridgehead atoms. The van der Waals surface area contributed by atoms with E-state index in [9.17, 15) is 14.7 Å². The SMILES string of the molecule is Br.CCOc1cc2c(cc1C(=O)NC)C(=N)N(CC(=O)c1cc(C)c(O)c(C3CCCCC3)c1)C2. The Balaban J connectivity index is 0.00000342. The van der Waals surface area contributed by atoms with Gasteiger partial charge >= 0.3 is 0 Å². The molecule has 0 atom stereocenters. The minimum absolute atomic E-state index is 0. The van der Waals surface area contributed by atoms with Gasteiger partial charge in [0.25, 0.3) is 5.91 Å². The van der Waals surface area contributed by atoms with E-state index in [0.29, 0.717) is 46.9 Å². The Morgan fingerprint density at radius 1 is 1.17 bits per heavy atom. The maximum atomic E-state index is 13.3. The number of nitrogens with zero attached hydrogens (tertiary/aromatic N) is 1. The van der Waals surface area contributed by atoms with Crippen LogP contribution in [0, 0.1) is 12.3 Å². The average molecular weight is 544 g/mol. The zero-order valence-electron chi connectivity index (χ0n) is 20.6. The summed E-state index contributed by atoms with van der Waals surface area (Å²) in [6.07, 6.45) is 5.58. The highest BCUT2D eigenvalue weighted by Gasteiger charge is 2.30. The first-order chi connectivity index (χ1) is 16.3. The molecule has 1 saturated carbocycles. The summed E-state index contributed by atoms with van der Waals surface area (Å²) in [4.78, 5) is 27.3. The molecule has 1 aliphatic carbocycles. The van der Waals surface area contributed by atoms with Crippen LogP contribution in [-0.4, -0.2) is 47.7 Å². The van der Waals surface area contributed by atoms with Crippen LogP contribution in [0.3, 0.4) is 0 Å². The summed E-state index contributed by atoms with van der Waals surface area (Å²) < 4.78 is 5.66. The molecule has 1 amide bonds. The number of phenols is 1. The summed E-state index contributed by atoms with van der Waals surface area (Å²) in [6.45, 7) is 4.57. The third-order valence-corrected chi connectivity index (χ3v) is 6.94. The molecule has 2 aromatic rings. The summed E-state index contributed by atoms with van der Waals surface area (Å²) >= 11 is 0. The molecule has 1 heterocycles. The van der Waals surface area contributed by atoms with Gasteiger partial charge in [0.05, 0.1) is 18.7 Å². The molecular weight excluding hydrogens is 510 g/mol. The largest absolute Gasteiger partial charge is 0.507 e. The third kappa shape index (κ3) is 5.37. The number of carbonyl (C=O) groups is 2. The van der Waals surface area contributed by atoms with Crippen molar-refractivity contribution in [3.63, 3.8) is 0 Å². The zero-order chi connectivity index (χ0) is 24.4. The van der Waals surface area contributed by atoms with Crippen LogP contribution in [0.4, 0.5) is 0 Å². The number of benzene rings is 2. The maximum Gasteiger partial charge on any atom is 0.254 e. The van der Waals surface area contributed by atoms with Gasteiger partial charge in [-0.05, 0) is 73.6 Å². The van der Waals surface area contributed by atoms with Crippen molar-refractivity contribution in [1.82, 2.24) is 10.2 Å². The summed E-state index contributed by atoms with van der Waals surface area (Å²) in [5.41, 5.74) is 4.04. The Hall–Kier alpha value is -2.87. The van der Waals surface area contributed by atoms with Gasteiger partial charge in [0.15, 0.2) is 5.78 Å². The van der Waals surface area contributed by atoms with Crippen molar-refractivity contribution >= 4 is 34.5 Å². The van der Waals surface area contributed by atoms with Crippen LogP contribution in [-0.2, 0) is 6.54 Å².